The Morgan fingerprint density at radius 3 is 2.36 bits per heavy atom. The number of carbonyl (C=O) groups excluding carboxylic acids is 1. The molecule has 2 atom stereocenters. The van der Waals surface area contributed by atoms with Crippen LogP contribution in [-0.4, -0.2) is 54.1 Å². The second-order valence-electron chi connectivity index (χ2n) is 10.8. The van der Waals surface area contributed by atoms with Gasteiger partial charge in [0.05, 0.1) is 22.0 Å². The van der Waals surface area contributed by atoms with E-state index in [1.54, 1.807) is 43.3 Å². The zero-order valence-electron chi connectivity index (χ0n) is 24.4. The van der Waals surface area contributed by atoms with Crippen molar-refractivity contribution in [2.24, 2.45) is 5.92 Å². The van der Waals surface area contributed by atoms with Crippen LogP contribution >= 0.6 is 0 Å². The summed E-state index contributed by atoms with van der Waals surface area (Å²) in [6.45, 7) is 5.05. The predicted molar refractivity (Wildman–Crippen MR) is 163 cm³/mol. The van der Waals surface area contributed by atoms with Crippen LogP contribution in [0.2, 0.25) is 0 Å². The molecule has 0 aliphatic heterocycles. The first-order valence-corrected chi connectivity index (χ1v) is 15.3. The van der Waals surface area contributed by atoms with E-state index in [4.69, 9.17) is 9.15 Å². The number of hydrogen-bond acceptors (Lipinski definition) is 9. The fourth-order valence-corrected chi connectivity index (χ4v) is 6.33. The molecule has 44 heavy (non-hydrogen) atoms. The summed E-state index contributed by atoms with van der Waals surface area (Å²) in [4.78, 5) is 35.1. The molecule has 0 bridgehead atoms. The summed E-state index contributed by atoms with van der Waals surface area (Å²) in [5, 5.41) is 25.8. The normalized spacial score (nSPS) is 13.1. The summed E-state index contributed by atoms with van der Waals surface area (Å²) in [5.41, 5.74) is 0.911. The highest BCUT2D eigenvalue weighted by Gasteiger charge is 2.32. The maximum atomic E-state index is 13.6. The Hall–Kier alpha value is -4.59. The van der Waals surface area contributed by atoms with Gasteiger partial charge in [-0.25, -0.2) is 18.0 Å². The van der Waals surface area contributed by atoms with Crippen molar-refractivity contribution in [2.75, 3.05) is 13.1 Å². The summed E-state index contributed by atoms with van der Waals surface area (Å²) in [6.07, 6.45) is -2.14. The van der Waals surface area contributed by atoms with Crippen LogP contribution < -0.4 is 15.7 Å². The number of carbonyl (C=O) groups is 1. The lowest BCUT2D eigenvalue weighted by Gasteiger charge is -2.30. The summed E-state index contributed by atoms with van der Waals surface area (Å²) < 4.78 is 38.9. The number of aliphatic hydroxyl groups is 1. The van der Waals surface area contributed by atoms with E-state index in [0.717, 1.165) is 34.1 Å². The van der Waals surface area contributed by atoms with Gasteiger partial charge < -0.3 is 19.6 Å². The Bertz CT molecular complexity index is 1790. The van der Waals surface area contributed by atoms with E-state index < -0.39 is 38.8 Å². The first-order valence-electron chi connectivity index (χ1n) is 13.8. The summed E-state index contributed by atoms with van der Waals surface area (Å²) in [7, 11) is -4.17. The van der Waals surface area contributed by atoms with Crippen molar-refractivity contribution in [3.05, 3.63) is 111 Å². The minimum atomic E-state index is -4.17. The van der Waals surface area contributed by atoms with Gasteiger partial charge >= 0.3 is 11.7 Å². The summed E-state index contributed by atoms with van der Waals surface area (Å²) >= 11 is 0. The van der Waals surface area contributed by atoms with Gasteiger partial charge in [0.2, 0.25) is 10.0 Å². The molecule has 1 heterocycles. The molecule has 0 aliphatic rings. The van der Waals surface area contributed by atoms with Crippen molar-refractivity contribution in [2.45, 2.75) is 44.2 Å². The molecule has 13 heteroatoms. The molecule has 4 rings (SSSR count). The number of benzene rings is 3. The number of nitrogens with zero attached hydrogens (tertiary/aromatic N) is 2. The average molecular weight is 624 g/mol. The number of sulfonamides is 1. The number of nitrogens with one attached hydrogen (secondary N) is 1. The monoisotopic (exact) mass is 623 g/mol. The first-order chi connectivity index (χ1) is 20.8. The maximum Gasteiger partial charge on any atom is 0.412 e. The largest absolute Gasteiger partial charge is 0.423 e. The number of non-ortho nitro benzene ring substituents is 1. The molecule has 4 aromatic rings. The van der Waals surface area contributed by atoms with Crippen LogP contribution in [0.3, 0.4) is 0 Å². The lowest BCUT2D eigenvalue weighted by Crippen LogP contribution is -2.51. The molecule has 0 radical (unpaired) electrons. The quantitative estimate of drug-likeness (QED) is 0.132. The van der Waals surface area contributed by atoms with E-state index in [9.17, 15) is 33.2 Å². The molecule has 1 amide bonds. The molecule has 1 aromatic heterocycles. The smallest absolute Gasteiger partial charge is 0.412 e. The third-order valence-electron chi connectivity index (χ3n) is 6.84. The van der Waals surface area contributed by atoms with Crippen LogP contribution in [0, 0.1) is 23.0 Å². The second-order valence-corrected chi connectivity index (χ2v) is 12.7. The zero-order chi connectivity index (χ0) is 32.0. The molecule has 12 nitrogen and oxygen atoms in total. The van der Waals surface area contributed by atoms with E-state index in [1.807, 2.05) is 19.9 Å². The number of nitro groups is 1. The molecular weight excluding hydrogens is 590 g/mol. The van der Waals surface area contributed by atoms with Crippen LogP contribution in [0.4, 0.5) is 10.5 Å². The SMILES string of the molecule is Cc1cc(=O)oc2cc(OC(=O)N[C@@H](Cc3ccccc3)[C@H](O)CN(CC(C)C)S(=O)(=O)c3ccc([N+](=O)[O-])cc3)ccc12. The van der Waals surface area contributed by atoms with Crippen LogP contribution in [0.15, 0.2) is 93.0 Å². The average Bonchev–Trinajstić information content (AvgIpc) is 2.96. The molecule has 232 valence electrons. The van der Waals surface area contributed by atoms with Gasteiger partial charge in [0.15, 0.2) is 0 Å². The number of amides is 1. The molecule has 2 N–H and O–H groups in total. The number of ether oxygens (including phenoxy) is 1. The van der Waals surface area contributed by atoms with Crippen molar-refractivity contribution in [1.29, 1.82) is 0 Å². The Morgan fingerprint density at radius 2 is 1.73 bits per heavy atom. The highest BCUT2D eigenvalue weighted by molar-refractivity contribution is 7.89. The fourth-order valence-electron chi connectivity index (χ4n) is 4.71. The predicted octanol–water partition coefficient (Wildman–Crippen LogP) is 4.42. The third-order valence-corrected chi connectivity index (χ3v) is 8.69. The Morgan fingerprint density at radius 1 is 1.05 bits per heavy atom. The Labute approximate surface area is 254 Å². The van der Waals surface area contributed by atoms with Gasteiger partial charge in [-0.15, -0.1) is 0 Å². The number of aryl methyl sites for hydroxylation is 1. The standard InChI is InChI=1S/C31H33N3O9S/c1-20(2)18-33(44(40,41)25-12-9-23(10-13-25)34(38)39)19-28(35)27(16-22-7-5-4-6-8-22)32-31(37)42-24-11-14-26-21(3)15-30(36)43-29(26)17-24/h4-15,17,20,27-28,35H,16,18-19H2,1-3H3,(H,32,37)/t27-,28+/m0/s1. The highest BCUT2D eigenvalue weighted by Crippen LogP contribution is 2.24. The van der Waals surface area contributed by atoms with Crippen LogP contribution in [0.5, 0.6) is 5.75 Å². The fraction of sp³-hybridized carbons (Fsp3) is 0.290. The van der Waals surface area contributed by atoms with Crippen molar-refractivity contribution in [3.63, 3.8) is 0 Å². The number of fused-ring (bicyclic) bond motifs is 1. The summed E-state index contributed by atoms with van der Waals surface area (Å²) in [6, 6.07) is 18.5. The minimum absolute atomic E-state index is 0.0423. The lowest BCUT2D eigenvalue weighted by molar-refractivity contribution is -0.384. The van der Waals surface area contributed by atoms with Gasteiger partial charge in [-0.2, -0.15) is 4.31 Å². The summed E-state index contributed by atoms with van der Waals surface area (Å²) in [5.74, 6) is -0.0315. The Kier molecular flexibility index (Phi) is 10.1. The van der Waals surface area contributed by atoms with Crippen molar-refractivity contribution in [1.82, 2.24) is 9.62 Å². The van der Waals surface area contributed by atoms with E-state index in [0.29, 0.717) is 10.9 Å². The lowest BCUT2D eigenvalue weighted by atomic mass is 10.0. The van der Waals surface area contributed by atoms with Crippen molar-refractivity contribution >= 4 is 32.8 Å². The van der Waals surface area contributed by atoms with Gasteiger partial charge in [-0.1, -0.05) is 44.2 Å². The van der Waals surface area contributed by atoms with Gasteiger partial charge in [0.25, 0.3) is 5.69 Å². The van der Waals surface area contributed by atoms with Crippen LogP contribution in [0.1, 0.15) is 25.0 Å². The Balaban J connectivity index is 1.57. The minimum Gasteiger partial charge on any atom is -0.423 e. The second kappa shape index (κ2) is 13.8. The van der Waals surface area contributed by atoms with Crippen molar-refractivity contribution < 1.29 is 32.4 Å². The van der Waals surface area contributed by atoms with Crippen molar-refractivity contribution in [3.8, 4) is 5.75 Å². The molecular formula is C31H33N3O9S. The number of nitro benzene ring substituents is 1. The van der Waals surface area contributed by atoms with Crippen LogP contribution in [-0.2, 0) is 16.4 Å². The molecule has 0 unspecified atom stereocenters. The number of hydrogen-bond donors (Lipinski definition) is 2. The van der Waals surface area contributed by atoms with Crippen LogP contribution in [0.25, 0.3) is 11.0 Å². The molecule has 0 spiro atoms. The van der Waals surface area contributed by atoms with Gasteiger partial charge in [0, 0.05) is 42.7 Å². The topological polar surface area (TPSA) is 169 Å². The van der Waals surface area contributed by atoms with E-state index in [2.05, 4.69) is 5.32 Å². The van der Waals surface area contributed by atoms with Gasteiger partial charge in [-0.3, -0.25) is 10.1 Å². The van der Waals surface area contributed by atoms with E-state index in [-0.39, 0.29) is 47.3 Å². The number of rotatable bonds is 12. The van der Waals surface area contributed by atoms with Gasteiger partial charge in [-0.05, 0) is 54.7 Å². The molecule has 0 fully saturated rings. The highest BCUT2D eigenvalue weighted by atomic mass is 32.2. The molecule has 0 saturated heterocycles. The molecule has 0 saturated carbocycles. The number of aliphatic hydroxyl groups excluding tert-OH is 1. The van der Waals surface area contributed by atoms with Gasteiger partial charge in [0.1, 0.15) is 11.3 Å². The van der Waals surface area contributed by atoms with E-state index in [1.165, 1.54) is 12.1 Å². The molecule has 3 aromatic carbocycles. The first kappa shape index (κ1) is 32.3. The molecule has 0 aliphatic carbocycles. The van der Waals surface area contributed by atoms with E-state index >= 15 is 0 Å². The zero-order valence-corrected chi connectivity index (χ0v) is 25.2. The third kappa shape index (κ3) is 8.07. The maximum absolute atomic E-state index is 13.6.